The van der Waals surface area contributed by atoms with Gasteiger partial charge in [-0.3, -0.25) is 10.4 Å². The summed E-state index contributed by atoms with van der Waals surface area (Å²) in [7, 11) is 0. The summed E-state index contributed by atoms with van der Waals surface area (Å²) in [5, 5.41) is 15.8. The summed E-state index contributed by atoms with van der Waals surface area (Å²) in [6.45, 7) is 2.61. The highest BCUT2D eigenvalue weighted by Gasteiger charge is 2.12. The van der Waals surface area contributed by atoms with E-state index in [4.69, 9.17) is 26.7 Å². The third-order valence-corrected chi connectivity index (χ3v) is 2.45. The standard InChI is InChI=1S/C6H13N5O.C6H5NO2.ClH/c7-5(8)10-6(9)11-1-3-12-4-2-11;8-6(9)5-2-1-3-7-4-5;/h1-4H2,(H5,7,8,9,10);1-4H,(H,8,9);1H. The highest BCUT2D eigenvalue weighted by molar-refractivity contribution is 5.91. The molecule has 0 unspecified atom stereocenters. The summed E-state index contributed by atoms with van der Waals surface area (Å²) in [4.78, 5) is 19.2. The van der Waals surface area contributed by atoms with Gasteiger partial charge in [-0.15, -0.1) is 12.4 Å². The van der Waals surface area contributed by atoms with Gasteiger partial charge in [-0.1, -0.05) is 0 Å². The molecule has 0 amide bonds. The largest absolute Gasteiger partial charge is 0.478 e. The quantitative estimate of drug-likeness (QED) is 0.408. The number of carboxylic acid groups (broad SMARTS) is 1. The highest BCUT2D eigenvalue weighted by atomic mass is 35.5. The lowest BCUT2D eigenvalue weighted by Gasteiger charge is -2.26. The molecule has 0 aliphatic carbocycles. The summed E-state index contributed by atoms with van der Waals surface area (Å²) in [5.41, 5.74) is 10.5. The van der Waals surface area contributed by atoms with Gasteiger partial charge < -0.3 is 26.2 Å². The molecule has 1 aromatic heterocycles. The Bertz CT molecular complexity index is 501. The van der Waals surface area contributed by atoms with Gasteiger partial charge in [0.25, 0.3) is 0 Å². The van der Waals surface area contributed by atoms with Crippen molar-refractivity contribution in [3.63, 3.8) is 0 Å². The molecule has 1 aliphatic heterocycles. The third kappa shape index (κ3) is 7.41. The van der Waals surface area contributed by atoms with Crippen LogP contribution in [0.25, 0.3) is 0 Å². The van der Waals surface area contributed by atoms with Crippen LogP contribution < -0.4 is 11.5 Å². The van der Waals surface area contributed by atoms with Gasteiger partial charge in [-0.2, -0.15) is 4.99 Å². The minimum absolute atomic E-state index is 0. The minimum atomic E-state index is -0.942. The minimum Gasteiger partial charge on any atom is -0.478 e. The Morgan fingerprint density at radius 3 is 2.45 bits per heavy atom. The van der Waals surface area contributed by atoms with Crippen LogP contribution in [0.3, 0.4) is 0 Å². The Morgan fingerprint density at radius 1 is 1.41 bits per heavy atom. The van der Waals surface area contributed by atoms with Crippen LogP contribution in [-0.2, 0) is 4.74 Å². The normalized spacial score (nSPS) is 13.0. The molecular formula is C12H19ClN6O3. The summed E-state index contributed by atoms with van der Waals surface area (Å²) < 4.78 is 5.11. The maximum atomic E-state index is 10.2. The molecule has 0 spiro atoms. The molecule has 0 aromatic carbocycles. The van der Waals surface area contributed by atoms with Gasteiger partial charge in [0, 0.05) is 25.5 Å². The van der Waals surface area contributed by atoms with Crippen molar-refractivity contribution in [3.8, 4) is 0 Å². The van der Waals surface area contributed by atoms with Crippen LogP contribution >= 0.6 is 12.4 Å². The fourth-order valence-corrected chi connectivity index (χ4v) is 1.46. The molecule has 1 aliphatic rings. The van der Waals surface area contributed by atoms with Gasteiger partial charge >= 0.3 is 5.97 Å². The first-order valence-corrected chi connectivity index (χ1v) is 6.15. The first-order valence-electron chi connectivity index (χ1n) is 6.15. The molecule has 0 bridgehead atoms. The maximum Gasteiger partial charge on any atom is 0.337 e. The molecule has 9 nitrogen and oxygen atoms in total. The lowest BCUT2D eigenvalue weighted by atomic mass is 10.3. The van der Waals surface area contributed by atoms with Crippen LogP contribution in [0.1, 0.15) is 10.4 Å². The number of hydrogen-bond donors (Lipinski definition) is 4. The van der Waals surface area contributed by atoms with E-state index >= 15 is 0 Å². The first kappa shape index (κ1) is 19.6. The number of nitrogens with zero attached hydrogens (tertiary/aromatic N) is 3. The van der Waals surface area contributed by atoms with Crippen molar-refractivity contribution >= 4 is 30.3 Å². The van der Waals surface area contributed by atoms with Crippen LogP contribution in [0.2, 0.25) is 0 Å². The molecule has 2 rings (SSSR count). The van der Waals surface area contributed by atoms with Crippen molar-refractivity contribution in [2.24, 2.45) is 16.5 Å². The molecule has 6 N–H and O–H groups in total. The van der Waals surface area contributed by atoms with E-state index in [0.717, 1.165) is 0 Å². The lowest BCUT2D eigenvalue weighted by Crippen LogP contribution is -2.41. The monoisotopic (exact) mass is 330 g/mol. The number of aromatic nitrogens is 1. The fourth-order valence-electron chi connectivity index (χ4n) is 1.46. The zero-order valence-corrected chi connectivity index (χ0v) is 12.6. The lowest BCUT2D eigenvalue weighted by molar-refractivity contribution is 0.0672. The number of hydrogen-bond acceptors (Lipinski definition) is 4. The van der Waals surface area contributed by atoms with Crippen molar-refractivity contribution in [1.82, 2.24) is 9.88 Å². The smallest absolute Gasteiger partial charge is 0.337 e. The van der Waals surface area contributed by atoms with E-state index in [-0.39, 0.29) is 29.9 Å². The van der Waals surface area contributed by atoms with E-state index < -0.39 is 5.97 Å². The molecule has 1 fully saturated rings. The second-order valence-electron chi connectivity index (χ2n) is 4.01. The van der Waals surface area contributed by atoms with Gasteiger partial charge in [-0.25, -0.2) is 4.79 Å². The Kier molecular flexibility index (Phi) is 9.23. The summed E-state index contributed by atoms with van der Waals surface area (Å²) in [5.74, 6) is -0.909. The van der Waals surface area contributed by atoms with E-state index in [1.165, 1.54) is 18.5 Å². The fraction of sp³-hybridized carbons (Fsp3) is 0.333. The number of ether oxygens (including phenoxy) is 1. The average Bonchev–Trinajstić information content (AvgIpc) is 2.49. The Balaban J connectivity index is 0.000000397. The van der Waals surface area contributed by atoms with Gasteiger partial charge in [0.15, 0.2) is 5.96 Å². The number of rotatable bonds is 1. The first-order chi connectivity index (χ1) is 10.0. The molecular weight excluding hydrogens is 312 g/mol. The van der Waals surface area contributed by atoms with Crippen LogP contribution in [0, 0.1) is 5.41 Å². The number of nitrogens with one attached hydrogen (secondary N) is 1. The third-order valence-electron chi connectivity index (χ3n) is 2.45. The Morgan fingerprint density at radius 2 is 2.05 bits per heavy atom. The SMILES string of the molecule is Cl.N=C(N=C(N)N)N1CCOCC1.O=C(O)c1cccnc1. The number of aromatic carboxylic acids is 1. The van der Waals surface area contributed by atoms with Crippen molar-refractivity contribution in [3.05, 3.63) is 30.1 Å². The highest BCUT2D eigenvalue weighted by Crippen LogP contribution is 1.97. The van der Waals surface area contributed by atoms with Crippen molar-refractivity contribution in [2.45, 2.75) is 0 Å². The predicted molar refractivity (Wildman–Crippen MR) is 84.4 cm³/mol. The number of carboxylic acids is 1. The number of carbonyl (C=O) groups is 1. The van der Waals surface area contributed by atoms with Crippen molar-refractivity contribution in [1.29, 1.82) is 5.41 Å². The summed E-state index contributed by atoms with van der Waals surface area (Å²) >= 11 is 0. The van der Waals surface area contributed by atoms with Crippen LogP contribution in [-0.4, -0.2) is 59.2 Å². The zero-order valence-electron chi connectivity index (χ0n) is 11.8. The van der Waals surface area contributed by atoms with Gasteiger partial charge in [0.05, 0.1) is 18.8 Å². The molecule has 0 saturated carbocycles. The van der Waals surface area contributed by atoms with Crippen LogP contribution in [0.5, 0.6) is 0 Å². The number of morpholine rings is 1. The molecule has 22 heavy (non-hydrogen) atoms. The molecule has 0 atom stereocenters. The Labute approximate surface area is 133 Å². The molecule has 10 heteroatoms. The van der Waals surface area contributed by atoms with E-state index in [0.29, 0.717) is 26.3 Å². The molecule has 0 radical (unpaired) electrons. The van der Waals surface area contributed by atoms with Crippen LogP contribution in [0.4, 0.5) is 0 Å². The molecule has 122 valence electrons. The van der Waals surface area contributed by atoms with Gasteiger partial charge in [0.2, 0.25) is 5.96 Å². The predicted octanol–water partition coefficient (Wildman–Crippen LogP) is -0.272. The van der Waals surface area contributed by atoms with E-state index in [1.807, 2.05) is 0 Å². The van der Waals surface area contributed by atoms with E-state index in [1.54, 1.807) is 11.0 Å². The second kappa shape index (κ2) is 10.4. The molecule has 2 heterocycles. The number of aliphatic imine (C=N–C) groups is 1. The number of guanidine groups is 2. The van der Waals surface area contributed by atoms with Crippen LogP contribution in [0.15, 0.2) is 29.5 Å². The second-order valence-corrected chi connectivity index (χ2v) is 4.01. The number of nitrogens with two attached hydrogens (primary N) is 2. The summed E-state index contributed by atoms with van der Waals surface area (Å²) in [6.07, 6.45) is 2.84. The van der Waals surface area contributed by atoms with Gasteiger partial charge in [-0.05, 0) is 12.1 Å². The average molecular weight is 331 g/mol. The Hall–Kier alpha value is -2.39. The number of halogens is 1. The summed E-state index contributed by atoms with van der Waals surface area (Å²) in [6, 6.07) is 3.08. The molecule has 1 saturated heterocycles. The topological polar surface area (TPSA) is 151 Å². The van der Waals surface area contributed by atoms with Crippen molar-refractivity contribution in [2.75, 3.05) is 26.3 Å². The van der Waals surface area contributed by atoms with E-state index in [9.17, 15) is 4.79 Å². The maximum absolute atomic E-state index is 10.2. The van der Waals surface area contributed by atoms with Crippen molar-refractivity contribution < 1.29 is 14.6 Å². The van der Waals surface area contributed by atoms with E-state index in [2.05, 4.69) is 9.98 Å². The van der Waals surface area contributed by atoms with Gasteiger partial charge in [0.1, 0.15) is 0 Å². The zero-order chi connectivity index (χ0) is 15.7. The molecule has 1 aromatic rings. The number of pyridine rings is 1.